The van der Waals surface area contributed by atoms with E-state index in [1.54, 1.807) is 22.2 Å². The molecule has 0 saturated carbocycles. The minimum Gasteiger partial charge on any atom is -0.491 e. The first kappa shape index (κ1) is 30.5. The molecule has 0 spiro atoms. The summed E-state index contributed by atoms with van der Waals surface area (Å²) < 4.78 is 10.7. The lowest BCUT2D eigenvalue weighted by Crippen LogP contribution is -2.46. The Morgan fingerprint density at radius 3 is 2.70 bits per heavy atom. The highest BCUT2D eigenvalue weighted by molar-refractivity contribution is 7.18. The van der Waals surface area contributed by atoms with E-state index >= 15 is 0 Å². The van der Waals surface area contributed by atoms with Crippen LogP contribution in [0.2, 0.25) is 5.02 Å². The number of nitrogens with zero attached hydrogens (tertiary/aromatic N) is 7. The molecule has 1 saturated heterocycles. The lowest BCUT2D eigenvalue weighted by molar-refractivity contribution is 0.0699. The zero-order chi connectivity index (χ0) is 31.9. The predicted octanol–water partition coefficient (Wildman–Crippen LogP) is 5.35. The molecular formula is C33H34ClN7O4S. The number of thiophene rings is 1. The van der Waals surface area contributed by atoms with Crippen molar-refractivity contribution >= 4 is 39.1 Å². The lowest BCUT2D eigenvalue weighted by Gasteiger charge is -2.39. The molecule has 1 aliphatic heterocycles. The highest BCUT2D eigenvalue weighted by atomic mass is 35.5. The maximum absolute atomic E-state index is 13.8. The molecule has 1 aliphatic carbocycles. The molecule has 11 nitrogen and oxygen atoms in total. The Balaban J connectivity index is 1.08. The number of fused-ring (bicyclic) bond motifs is 2. The van der Waals surface area contributed by atoms with Gasteiger partial charge in [-0.1, -0.05) is 16.8 Å². The van der Waals surface area contributed by atoms with Crippen molar-refractivity contribution in [1.29, 1.82) is 0 Å². The Morgan fingerprint density at radius 2 is 1.93 bits per heavy atom. The van der Waals surface area contributed by atoms with Crippen LogP contribution in [0.4, 0.5) is 0 Å². The van der Waals surface area contributed by atoms with Crippen molar-refractivity contribution in [3.63, 3.8) is 0 Å². The second kappa shape index (κ2) is 12.6. The van der Waals surface area contributed by atoms with Crippen molar-refractivity contribution < 1.29 is 14.6 Å². The van der Waals surface area contributed by atoms with Crippen molar-refractivity contribution in [2.45, 2.75) is 64.6 Å². The number of rotatable bonds is 8. The summed E-state index contributed by atoms with van der Waals surface area (Å²) in [5.41, 5.74) is 4.59. The standard InChI is InChI=1S/C33H34ClN7O4S/c1-19-15-25(31-30(36-19)27(18-46-31)33(43)44)24-16-21(34)3-6-29(24)45-14-13-40-20(2)37-28-5-4-23(17-26(28)32(40)42)39-10-7-22(8-11-39)41-12-9-35-38-41/h3,6,9,12,15-16,18,22-23H,4-5,7-8,10-11,13-14,17H2,1-2H3,(H,43,44)/t23-/m0/s1. The molecule has 2 aliphatic rings. The summed E-state index contributed by atoms with van der Waals surface area (Å²) >= 11 is 7.75. The Morgan fingerprint density at radius 1 is 1.11 bits per heavy atom. The molecule has 1 aromatic carbocycles. The Bertz CT molecular complexity index is 1980. The summed E-state index contributed by atoms with van der Waals surface area (Å²) in [7, 11) is 0. The van der Waals surface area contributed by atoms with Gasteiger partial charge in [0.2, 0.25) is 0 Å². The molecule has 5 heterocycles. The molecule has 238 valence electrons. The largest absolute Gasteiger partial charge is 0.491 e. The summed E-state index contributed by atoms with van der Waals surface area (Å²) in [4.78, 5) is 37.5. The maximum Gasteiger partial charge on any atom is 0.338 e. The van der Waals surface area contributed by atoms with E-state index in [9.17, 15) is 14.7 Å². The second-order valence-electron chi connectivity index (χ2n) is 12.0. The van der Waals surface area contributed by atoms with Crippen LogP contribution in [0.5, 0.6) is 5.75 Å². The maximum atomic E-state index is 13.8. The molecule has 1 atom stereocenters. The summed E-state index contributed by atoms with van der Waals surface area (Å²) in [6.07, 6.45) is 8.21. The molecule has 7 rings (SSSR count). The fourth-order valence-electron chi connectivity index (χ4n) is 6.89. The van der Waals surface area contributed by atoms with Gasteiger partial charge in [0.1, 0.15) is 18.2 Å². The van der Waals surface area contributed by atoms with Gasteiger partial charge >= 0.3 is 5.97 Å². The number of carboxylic acids is 1. The van der Waals surface area contributed by atoms with Gasteiger partial charge < -0.3 is 9.84 Å². The van der Waals surface area contributed by atoms with Gasteiger partial charge in [0.25, 0.3) is 5.56 Å². The number of benzene rings is 1. The minimum absolute atomic E-state index is 0.0101. The first-order valence-corrected chi connectivity index (χ1v) is 16.8. The third kappa shape index (κ3) is 5.80. The predicted molar refractivity (Wildman–Crippen MR) is 176 cm³/mol. The zero-order valence-electron chi connectivity index (χ0n) is 25.6. The van der Waals surface area contributed by atoms with Crippen LogP contribution >= 0.6 is 22.9 Å². The van der Waals surface area contributed by atoms with Crippen LogP contribution in [-0.4, -0.2) is 71.2 Å². The molecule has 4 aromatic heterocycles. The first-order chi connectivity index (χ1) is 22.3. The van der Waals surface area contributed by atoms with Crippen LogP contribution in [0.3, 0.4) is 0 Å². The molecule has 1 fully saturated rings. The summed E-state index contributed by atoms with van der Waals surface area (Å²) in [6, 6.07) is 8.00. The van der Waals surface area contributed by atoms with Gasteiger partial charge in [0.15, 0.2) is 0 Å². The van der Waals surface area contributed by atoms with E-state index in [1.807, 2.05) is 42.9 Å². The number of hydrogen-bond donors (Lipinski definition) is 1. The molecular weight excluding hydrogens is 626 g/mol. The average Bonchev–Trinajstić information content (AvgIpc) is 3.74. The van der Waals surface area contributed by atoms with Gasteiger partial charge in [-0.2, -0.15) is 0 Å². The third-order valence-corrected chi connectivity index (χ3v) is 10.4. The number of carbonyl (C=O) groups is 1. The molecule has 0 radical (unpaired) electrons. The summed E-state index contributed by atoms with van der Waals surface area (Å²) in [6.45, 7) is 6.25. The number of halogens is 1. The lowest BCUT2D eigenvalue weighted by atomic mass is 9.89. The average molecular weight is 660 g/mol. The van der Waals surface area contributed by atoms with E-state index in [0.29, 0.717) is 52.9 Å². The topological polar surface area (TPSA) is 128 Å². The van der Waals surface area contributed by atoms with Crippen LogP contribution in [-0.2, 0) is 19.4 Å². The summed E-state index contributed by atoms with van der Waals surface area (Å²) in [5.74, 6) is 0.256. The highest BCUT2D eigenvalue weighted by Crippen LogP contribution is 2.40. The number of aryl methyl sites for hydroxylation is 3. The van der Waals surface area contributed by atoms with Crippen molar-refractivity contribution in [3.05, 3.63) is 85.8 Å². The molecule has 46 heavy (non-hydrogen) atoms. The van der Waals surface area contributed by atoms with Gasteiger partial charge in [0, 0.05) is 58.1 Å². The summed E-state index contributed by atoms with van der Waals surface area (Å²) in [5, 5.41) is 20.0. The number of ether oxygens (including phenoxy) is 1. The van der Waals surface area contributed by atoms with Crippen LogP contribution in [0.25, 0.3) is 21.3 Å². The van der Waals surface area contributed by atoms with Gasteiger partial charge in [0.05, 0.1) is 40.3 Å². The molecule has 1 N–H and O–H groups in total. The van der Waals surface area contributed by atoms with E-state index in [4.69, 9.17) is 21.3 Å². The number of aromatic nitrogens is 6. The Labute approximate surface area is 274 Å². The molecule has 5 aromatic rings. The SMILES string of the molecule is Cc1cc(-c2cc(Cl)ccc2OCCn2c(C)nc3c(c2=O)C[C@@H](N2CCC(n4ccnn4)CC2)CC3)c2scc(C(=O)O)c2n1. The third-order valence-electron chi connectivity index (χ3n) is 9.21. The normalized spacial score (nSPS) is 17.3. The van der Waals surface area contributed by atoms with E-state index in [-0.39, 0.29) is 17.7 Å². The fourth-order valence-corrected chi connectivity index (χ4v) is 8.07. The first-order valence-electron chi connectivity index (χ1n) is 15.5. The molecule has 0 unspecified atom stereocenters. The number of carboxylic acid groups (broad SMARTS) is 1. The van der Waals surface area contributed by atoms with Crippen LogP contribution in [0.15, 0.2) is 46.8 Å². The number of aromatic carboxylic acids is 1. The quantitative estimate of drug-likeness (QED) is 0.234. The Kier molecular flexibility index (Phi) is 8.35. The molecule has 13 heteroatoms. The Hall–Kier alpha value is -4.13. The van der Waals surface area contributed by atoms with Crippen molar-refractivity contribution in [3.8, 4) is 16.9 Å². The second-order valence-corrected chi connectivity index (χ2v) is 13.3. The monoisotopic (exact) mass is 659 g/mol. The van der Waals surface area contributed by atoms with Crippen molar-refractivity contribution in [2.75, 3.05) is 19.7 Å². The minimum atomic E-state index is -1.02. The highest BCUT2D eigenvalue weighted by Gasteiger charge is 2.31. The van der Waals surface area contributed by atoms with E-state index in [0.717, 1.165) is 65.9 Å². The number of piperidine rings is 1. The zero-order valence-corrected chi connectivity index (χ0v) is 27.2. The smallest absolute Gasteiger partial charge is 0.338 e. The van der Waals surface area contributed by atoms with Crippen molar-refractivity contribution in [2.24, 2.45) is 0 Å². The number of likely N-dealkylation sites (tertiary alicyclic amines) is 1. The van der Waals surface area contributed by atoms with E-state index in [2.05, 4.69) is 20.2 Å². The van der Waals surface area contributed by atoms with Crippen LogP contribution < -0.4 is 10.3 Å². The van der Waals surface area contributed by atoms with Gasteiger partial charge in [-0.3, -0.25) is 19.2 Å². The number of pyridine rings is 1. The van der Waals surface area contributed by atoms with Gasteiger partial charge in [-0.15, -0.1) is 16.4 Å². The molecule has 0 bridgehead atoms. The fraction of sp³-hybridized carbons (Fsp3) is 0.394. The molecule has 0 amide bonds. The van der Waals surface area contributed by atoms with E-state index < -0.39 is 5.97 Å². The van der Waals surface area contributed by atoms with Gasteiger partial charge in [-0.05, 0) is 70.2 Å². The van der Waals surface area contributed by atoms with E-state index in [1.165, 1.54) is 11.3 Å². The van der Waals surface area contributed by atoms with Crippen molar-refractivity contribution in [1.82, 2.24) is 34.4 Å². The van der Waals surface area contributed by atoms with Gasteiger partial charge in [-0.25, -0.2) is 14.5 Å². The number of hydrogen-bond acceptors (Lipinski definition) is 9. The van der Waals surface area contributed by atoms with Crippen LogP contribution in [0, 0.1) is 13.8 Å². The van der Waals surface area contributed by atoms with Crippen LogP contribution in [0.1, 0.15) is 58.4 Å².